The van der Waals surface area contributed by atoms with E-state index in [4.69, 9.17) is 4.98 Å². The Kier molecular flexibility index (Phi) is 7.70. The summed E-state index contributed by atoms with van der Waals surface area (Å²) in [5.74, 6) is 2.03. The number of nitrogens with one attached hydrogen (secondary N) is 1. The summed E-state index contributed by atoms with van der Waals surface area (Å²) < 4.78 is 2.36. The Morgan fingerprint density at radius 3 is 2.51 bits per heavy atom. The van der Waals surface area contributed by atoms with E-state index in [0.717, 1.165) is 81.1 Å². The summed E-state index contributed by atoms with van der Waals surface area (Å²) >= 11 is 2.08. The number of hydrogen-bond acceptors (Lipinski definition) is 7. The summed E-state index contributed by atoms with van der Waals surface area (Å²) in [5.41, 5.74) is 4.79. The fourth-order valence-corrected chi connectivity index (χ4v) is 6.57. The lowest BCUT2D eigenvalue weighted by Crippen LogP contribution is -2.46. The first kappa shape index (κ1) is 25.2. The number of rotatable bonds is 9. The Labute approximate surface area is 224 Å². The molecule has 3 aliphatic rings. The van der Waals surface area contributed by atoms with Gasteiger partial charge in [-0.1, -0.05) is 37.6 Å². The van der Waals surface area contributed by atoms with Gasteiger partial charge in [-0.3, -0.25) is 9.80 Å². The van der Waals surface area contributed by atoms with Gasteiger partial charge in [-0.15, -0.1) is 11.8 Å². The van der Waals surface area contributed by atoms with Crippen LogP contribution in [0, 0.1) is 0 Å². The number of anilines is 1. The Morgan fingerprint density at radius 1 is 1.05 bits per heavy atom. The first-order valence-electron chi connectivity index (χ1n) is 14.1. The van der Waals surface area contributed by atoms with Crippen LogP contribution in [0.1, 0.15) is 57.1 Å². The second-order valence-corrected chi connectivity index (χ2v) is 12.1. The number of fused-ring (bicyclic) bond motifs is 1. The molecule has 6 rings (SSSR count). The van der Waals surface area contributed by atoms with Crippen LogP contribution in [0.25, 0.3) is 22.2 Å². The Morgan fingerprint density at radius 2 is 1.81 bits per heavy atom. The van der Waals surface area contributed by atoms with Crippen LogP contribution in [0.5, 0.6) is 0 Å². The summed E-state index contributed by atoms with van der Waals surface area (Å²) in [6, 6.07) is 9.48. The number of unbranched alkanes of at least 4 members (excludes halogenated alkanes) is 1. The molecule has 7 nitrogen and oxygen atoms in total. The minimum absolute atomic E-state index is 0.165. The zero-order chi connectivity index (χ0) is 25.2. The molecule has 198 valence electrons. The summed E-state index contributed by atoms with van der Waals surface area (Å²) in [5, 5.41) is 15.4. The lowest BCUT2D eigenvalue weighted by atomic mass is 9.93. The molecule has 2 N–H and O–H groups in total. The van der Waals surface area contributed by atoms with Crippen LogP contribution in [0.3, 0.4) is 0 Å². The Bertz CT molecular complexity index is 1180. The Hall–Kier alpha value is -2.13. The molecule has 1 atom stereocenters. The number of nitrogens with zero attached hydrogens (tertiary/aromatic N) is 5. The van der Waals surface area contributed by atoms with E-state index >= 15 is 0 Å². The average Bonchev–Trinajstić information content (AvgIpc) is 3.71. The van der Waals surface area contributed by atoms with Crippen molar-refractivity contribution in [2.75, 3.05) is 43.8 Å². The number of piperazine rings is 1. The van der Waals surface area contributed by atoms with Gasteiger partial charge in [0.2, 0.25) is 5.95 Å². The molecule has 8 heteroatoms. The van der Waals surface area contributed by atoms with Crippen molar-refractivity contribution in [3.05, 3.63) is 42.2 Å². The molecule has 0 amide bonds. The fourth-order valence-electron chi connectivity index (χ4n) is 5.85. The lowest BCUT2D eigenvalue weighted by molar-refractivity contribution is 0.111. The smallest absolute Gasteiger partial charge is 0.224 e. The zero-order valence-corrected chi connectivity index (χ0v) is 22.8. The monoisotopic (exact) mass is 520 g/mol. The van der Waals surface area contributed by atoms with Gasteiger partial charge < -0.3 is 15.0 Å². The predicted octanol–water partition coefficient (Wildman–Crippen LogP) is 4.98. The highest BCUT2D eigenvalue weighted by atomic mass is 32.2. The van der Waals surface area contributed by atoms with Crippen molar-refractivity contribution in [3.63, 3.8) is 0 Å². The third kappa shape index (κ3) is 5.82. The van der Waals surface area contributed by atoms with E-state index in [1.807, 2.05) is 6.20 Å². The van der Waals surface area contributed by atoms with Gasteiger partial charge in [0.25, 0.3) is 0 Å². The normalized spacial score (nSPS) is 25.0. The second kappa shape index (κ2) is 11.3. The van der Waals surface area contributed by atoms with Crippen molar-refractivity contribution in [3.8, 4) is 11.1 Å². The van der Waals surface area contributed by atoms with Crippen molar-refractivity contribution < 1.29 is 5.11 Å². The van der Waals surface area contributed by atoms with Crippen molar-refractivity contribution in [1.82, 2.24) is 24.3 Å². The zero-order valence-electron chi connectivity index (χ0n) is 22.0. The van der Waals surface area contributed by atoms with Gasteiger partial charge in [-0.05, 0) is 43.2 Å². The van der Waals surface area contributed by atoms with Crippen LogP contribution in [0.4, 0.5) is 5.95 Å². The van der Waals surface area contributed by atoms with Gasteiger partial charge in [-0.25, -0.2) is 4.98 Å². The van der Waals surface area contributed by atoms with Crippen molar-refractivity contribution in [2.45, 2.75) is 69.5 Å². The molecule has 1 saturated carbocycles. The standard InChI is InChI=1S/C29H40N6OS/c1-2-3-12-30-29-31-17-25-26(19-35(28(25)32-29)23-8-10-24(36)11-9-23)22-6-4-21(5-7-22)18-33-13-15-34(16-14-33)27-20-37-27/h4-7,17,19,23-24,27,36H,2-3,8-16,18,20H2,1H3,(H,30,31,32). The molecule has 4 heterocycles. The first-order chi connectivity index (χ1) is 18.2. The first-order valence-corrected chi connectivity index (χ1v) is 15.2. The molecule has 2 saturated heterocycles. The third-order valence-corrected chi connectivity index (χ3v) is 9.18. The minimum atomic E-state index is -0.165. The molecule has 0 spiro atoms. The van der Waals surface area contributed by atoms with Crippen LogP contribution >= 0.6 is 11.8 Å². The van der Waals surface area contributed by atoms with Crippen molar-refractivity contribution in [1.29, 1.82) is 0 Å². The summed E-state index contributed by atoms with van der Waals surface area (Å²) in [6.45, 7) is 8.82. The Balaban J connectivity index is 1.22. The molecule has 3 aromatic rings. The van der Waals surface area contributed by atoms with Crippen molar-refractivity contribution >= 4 is 28.7 Å². The minimum Gasteiger partial charge on any atom is -0.393 e. The number of aliphatic hydroxyl groups is 1. The third-order valence-electron chi connectivity index (χ3n) is 8.25. The molecule has 0 radical (unpaired) electrons. The average molecular weight is 521 g/mol. The van der Waals surface area contributed by atoms with Gasteiger partial charge in [0, 0.05) is 74.4 Å². The van der Waals surface area contributed by atoms with Crippen LogP contribution in [0.2, 0.25) is 0 Å². The molecule has 0 bridgehead atoms. The van der Waals surface area contributed by atoms with Gasteiger partial charge in [0.1, 0.15) is 5.65 Å². The van der Waals surface area contributed by atoms with E-state index in [9.17, 15) is 5.11 Å². The van der Waals surface area contributed by atoms with Crippen LogP contribution < -0.4 is 5.32 Å². The molecular weight excluding hydrogens is 480 g/mol. The van der Waals surface area contributed by atoms with Gasteiger partial charge in [0.05, 0.1) is 11.5 Å². The highest BCUT2D eigenvalue weighted by molar-refractivity contribution is 8.06. The number of hydrogen-bond donors (Lipinski definition) is 2. The maximum absolute atomic E-state index is 10.1. The molecule has 1 unspecified atom stereocenters. The number of aromatic nitrogens is 3. The SMILES string of the molecule is CCCCNc1ncc2c(-c3ccc(CN4CCN(C5CS5)CC4)cc3)cn(C3CCC(O)CC3)c2n1. The van der Waals surface area contributed by atoms with E-state index in [1.54, 1.807) is 0 Å². The van der Waals surface area contributed by atoms with E-state index in [-0.39, 0.29) is 6.10 Å². The highest BCUT2D eigenvalue weighted by Crippen LogP contribution is 2.37. The molecule has 1 aliphatic carbocycles. The lowest BCUT2D eigenvalue weighted by Gasteiger charge is -2.34. The van der Waals surface area contributed by atoms with E-state index in [1.165, 1.54) is 35.5 Å². The maximum atomic E-state index is 10.1. The molecule has 37 heavy (non-hydrogen) atoms. The van der Waals surface area contributed by atoms with E-state index < -0.39 is 0 Å². The maximum Gasteiger partial charge on any atom is 0.224 e. The van der Waals surface area contributed by atoms with Gasteiger partial charge in [0.15, 0.2) is 0 Å². The topological polar surface area (TPSA) is 69.5 Å². The second-order valence-electron chi connectivity index (χ2n) is 10.9. The quantitative estimate of drug-likeness (QED) is 0.305. The molecule has 1 aromatic carbocycles. The molecule has 2 aliphatic heterocycles. The number of aliphatic hydroxyl groups excluding tert-OH is 1. The predicted molar refractivity (Wildman–Crippen MR) is 153 cm³/mol. The van der Waals surface area contributed by atoms with Crippen molar-refractivity contribution in [2.24, 2.45) is 0 Å². The largest absolute Gasteiger partial charge is 0.393 e. The van der Waals surface area contributed by atoms with Crippen LogP contribution in [-0.2, 0) is 6.54 Å². The highest BCUT2D eigenvalue weighted by Gasteiger charge is 2.32. The number of benzene rings is 1. The number of thioether (sulfide) groups is 1. The van der Waals surface area contributed by atoms with Crippen LogP contribution in [-0.4, -0.2) is 79.4 Å². The van der Waals surface area contributed by atoms with Gasteiger partial charge in [-0.2, -0.15) is 4.98 Å². The summed E-state index contributed by atoms with van der Waals surface area (Å²) in [4.78, 5) is 14.9. The molecular formula is C29H40N6OS. The van der Waals surface area contributed by atoms with Crippen LogP contribution in [0.15, 0.2) is 36.7 Å². The summed E-state index contributed by atoms with van der Waals surface area (Å²) in [7, 11) is 0. The van der Waals surface area contributed by atoms with E-state index in [2.05, 4.69) is 73.8 Å². The fraction of sp³-hybridized carbons (Fsp3) is 0.586. The summed E-state index contributed by atoms with van der Waals surface area (Å²) in [6.07, 6.45) is 10.0. The van der Waals surface area contributed by atoms with Gasteiger partial charge >= 0.3 is 0 Å². The molecule has 2 aromatic heterocycles. The van der Waals surface area contributed by atoms with E-state index in [0.29, 0.717) is 12.0 Å². The molecule has 3 fully saturated rings.